The highest BCUT2D eigenvalue weighted by atomic mass is 16.5. The maximum Gasteiger partial charge on any atom is 0.225 e. The minimum absolute atomic E-state index is 0.376. The van der Waals surface area contributed by atoms with Crippen molar-refractivity contribution in [1.29, 1.82) is 0 Å². The third kappa shape index (κ3) is 3.04. The second-order valence-corrected chi connectivity index (χ2v) is 5.95. The Morgan fingerprint density at radius 2 is 1.83 bits per heavy atom. The van der Waals surface area contributed by atoms with E-state index in [4.69, 9.17) is 4.74 Å². The predicted octanol–water partition coefficient (Wildman–Crippen LogP) is 1.16. The van der Waals surface area contributed by atoms with Gasteiger partial charge in [0.1, 0.15) is 0 Å². The first-order valence-electron chi connectivity index (χ1n) is 7.45. The van der Waals surface area contributed by atoms with E-state index in [1.807, 2.05) is 0 Å². The Labute approximate surface area is 109 Å². The van der Waals surface area contributed by atoms with Crippen LogP contribution in [0.25, 0.3) is 0 Å². The second-order valence-electron chi connectivity index (χ2n) is 5.95. The molecule has 2 saturated heterocycles. The Hall–Kier alpha value is -0.610. The van der Waals surface area contributed by atoms with Crippen LogP contribution >= 0.6 is 0 Å². The lowest BCUT2D eigenvalue weighted by Gasteiger charge is -2.35. The average molecular weight is 252 g/mol. The lowest BCUT2D eigenvalue weighted by molar-refractivity contribution is -0.133. The van der Waals surface area contributed by atoms with Crippen molar-refractivity contribution in [3.63, 3.8) is 0 Å². The Morgan fingerprint density at radius 3 is 2.44 bits per heavy atom. The molecule has 1 atom stereocenters. The standard InChI is InChI=1S/C14H24N2O2/c17-14(11-3-4-11)16-7-5-12(6-8-16)15-13-2-1-9-18-10-13/h11-13,15H,1-10H2. The van der Waals surface area contributed by atoms with E-state index in [1.54, 1.807) is 0 Å². The number of piperidine rings is 1. The highest BCUT2D eigenvalue weighted by Crippen LogP contribution is 2.31. The summed E-state index contributed by atoms with van der Waals surface area (Å²) in [6, 6.07) is 1.12. The van der Waals surface area contributed by atoms with E-state index >= 15 is 0 Å². The van der Waals surface area contributed by atoms with Crippen molar-refractivity contribution in [2.45, 2.75) is 50.6 Å². The monoisotopic (exact) mass is 252 g/mol. The predicted molar refractivity (Wildman–Crippen MR) is 69.3 cm³/mol. The van der Waals surface area contributed by atoms with Crippen LogP contribution in [-0.4, -0.2) is 49.2 Å². The molecular weight excluding hydrogens is 228 g/mol. The SMILES string of the molecule is O=C(C1CC1)N1CCC(NC2CCCOC2)CC1. The molecule has 3 fully saturated rings. The summed E-state index contributed by atoms with van der Waals surface area (Å²) in [4.78, 5) is 14.0. The average Bonchev–Trinajstić information content (AvgIpc) is 3.24. The normalized spacial score (nSPS) is 30.4. The van der Waals surface area contributed by atoms with Crippen molar-refractivity contribution in [3.05, 3.63) is 0 Å². The number of rotatable bonds is 3. The van der Waals surface area contributed by atoms with Gasteiger partial charge in [-0.05, 0) is 38.5 Å². The van der Waals surface area contributed by atoms with Gasteiger partial charge in [-0.25, -0.2) is 0 Å². The molecule has 0 radical (unpaired) electrons. The van der Waals surface area contributed by atoms with Crippen molar-refractivity contribution in [2.75, 3.05) is 26.3 Å². The fourth-order valence-electron chi connectivity index (χ4n) is 3.06. The fourth-order valence-corrected chi connectivity index (χ4v) is 3.06. The molecule has 1 N–H and O–H groups in total. The van der Waals surface area contributed by atoms with Crippen LogP contribution in [-0.2, 0) is 9.53 Å². The van der Waals surface area contributed by atoms with Gasteiger partial charge in [0.2, 0.25) is 5.91 Å². The number of hydrogen-bond acceptors (Lipinski definition) is 3. The number of amides is 1. The molecule has 1 amide bonds. The van der Waals surface area contributed by atoms with Gasteiger partial charge in [-0.1, -0.05) is 0 Å². The molecule has 3 rings (SSSR count). The number of hydrogen-bond donors (Lipinski definition) is 1. The van der Waals surface area contributed by atoms with E-state index in [1.165, 1.54) is 12.8 Å². The Bertz CT molecular complexity index is 290. The lowest BCUT2D eigenvalue weighted by Crippen LogP contribution is -2.49. The topological polar surface area (TPSA) is 41.6 Å². The van der Waals surface area contributed by atoms with Crippen molar-refractivity contribution in [1.82, 2.24) is 10.2 Å². The minimum atomic E-state index is 0.376. The zero-order chi connectivity index (χ0) is 12.4. The minimum Gasteiger partial charge on any atom is -0.380 e. The second kappa shape index (κ2) is 5.57. The highest BCUT2D eigenvalue weighted by molar-refractivity contribution is 5.81. The molecule has 18 heavy (non-hydrogen) atoms. The van der Waals surface area contributed by atoms with Crippen LogP contribution in [0.5, 0.6) is 0 Å². The van der Waals surface area contributed by atoms with Gasteiger partial charge in [0, 0.05) is 37.7 Å². The zero-order valence-electron chi connectivity index (χ0n) is 11.1. The molecule has 0 spiro atoms. The summed E-state index contributed by atoms with van der Waals surface area (Å²) in [5.41, 5.74) is 0. The molecule has 0 bridgehead atoms. The molecule has 0 aromatic heterocycles. The van der Waals surface area contributed by atoms with Crippen LogP contribution in [0.4, 0.5) is 0 Å². The number of likely N-dealkylation sites (tertiary alicyclic amines) is 1. The molecule has 0 aromatic rings. The Kier molecular flexibility index (Phi) is 3.85. The van der Waals surface area contributed by atoms with Gasteiger partial charge in [0.25, 0.3) is 0 Å². The molecule has 1 aliphatic carbocycles. The summed E-state index contributed by atoms with van der Waals surface area (Å²) < 4.78 is 5.50. The number of nitrogens with zero attached hydrogens (tertiary/aromatic N) is 1. The maximum atomic E-state index is 11.9. The van der Waals surface area contributed by atoms with E-state index in [9.17, 15) is 4.79 Å². The first kappa shape index (κ1) is 12.4. The summed E-state index contributed by atoms with van der Waals surface area (Å²) in [6.45, 7) is 3.68. The van der Waals surface area contributed by atoms with Gasteiger partial charge in [0.15, 0.2) is 0 Å². The van der Waals surface area contributed by atoms with E-state index < -0.39 is 0 Å². The van der Waals surface area contributed by atoms with Crippen LogP contribution in [0.1, 0.15) is 38.5 Å². The largest absolute Gasteiger partial charge is 0.380 e. The molecule has 102 valence electrons. The van der Waals surface area contributed by atoms with E-state index in [2.05, 4.69) is 10.2 Å². The zero-order valence-corrected chi connectivity index (χ0v) is 11.1. The summed E-state index contributed by atoms with van der Waals surface area (Å²) in [6.07, 6.45) is 6.87. The number of carbonyl (C=O) groups is 1. The molecular formula is C14H24N2O2. The molecule has 3 aliphatic rings. The third-order valence-electron chi connectivity index (χ3n) is 4.36. The Balaban J connectivity index is 1.40. The van der Waals surface area contributed by atoms with Crippen molar-refractivity contribution < 1.29 is 9.53 Å². The third-order valence-corrected chi connectivity index (χ3v) is 4.36. The number of nitrogens with one attached hydrogen (secondary N) is 1. The van der Waals surface area contributed by atoms with Crippen LogP contribution < -0.4 is 5.32 Å². The first-order chi connectivity index (χ1) is 8.83. The molecule has 1 unspecified atom stereocenters. The summed E-state index contributed by atoms with van der Waals surface area (Å²) >= 11 is 0. The van der Waals surface area contributed by atoms with Crippen molar-refractivity contribution >= 4 is 5.91 Å². The molecule has 4 nitrogen and oxygen atoms in total. The van der Waals surface area contributed by atoms with Gasteiger partial charge < -0.3 is 15.0 Å². The van der Waals surface area contributed by atoms with Gasteiger partial charge in [0.05, 0.1) is 6.61 Å². The molecule has 4 heteroatoms. The quantitative estimate of drug-likeness (QED) is 0.819. The van der Waals surface area contributed by atoms with Gasteiger partial charge in [-0.15, -0.1) is 0 Å². The summed E-state index contributed by atoms with van der Waals surface area (Å²) in [5.74, 6) is 0.788. The van der Waals surface area contributed by atoms with Crippen LogP contribution in [0.3, 0.4) is 0 Å². The summed E-state index contributed by atoms with van der Waals surface area (Å²) in [7, 11) is 0. The van der Waals surface area contributed by atoms with E-state index in [0.29, 0.717) is 23.9 Å². The van der Waals surface area contributed by atoms with E-state index in [-0.39, 0.29) is 0 Å². The maximum absolute atomic E-state index is 11.9. The van der Waals surface area contributed by atoms with Crippen LogP contribution in [0, 0.1) is 5.92 Å². The molecule has 2 heterocycles. The van der Waals surface area contributed by atoms with Crippen LogP contribution in [0.15, 0.2) is 0 Å². The van der Waals surface area contributed by atoms with E-state index in [0.717, 1.165) is 52.0 Å². The fraction of sp³-hybridized carbons (Fsp3) is 0.929. The number of ether oxygens (including phenoxy) is 1. The molecule has 2 aliphatic heterocycles. The highest BCUT2D eigenvalue weighted by Gasteiger charge is 2.35. The van der Waals surface area contributed by atoms with Crippen LogP contribution in [0.2, 0.25) is 0 Å². The first-order valence-corrected chi connectivity index (χ1v) is 7.45. The van der Waals surface area contributed by atoms with Gasteiger partial charge in [-0.2, -0.15) is 0 Å². The summed E-state index contributed by atoms with van der Waals surface area (Å²) in [5, 5.41) is 3.70. The number of carbonyl (C=O) groups excluding carboxylic acids is 1. The Morgan fingerprint density at radius 1 is 1.06 bits per heavy atom. The molecule has 1 saturated carbocycles. The lowest BCUT2D eigenvalue weighted by atomic mass is 10.0. The van der Waals surface area contributed by atoms with Crippen molar-refractivity contribution in [2.24, 2.45) is 5.92 Å². The van der Waals surface area contributed by atoms with Gasteiger partial charge in [-0.3, -0.25) is 4.79 Å². The van der Waals surface area contributed by atoms with Gasteiger partial charge >= 0.3 is 0 Å². The smallest absolute Gasteiger partial charge is 0.225 e. The molecule has 0 aromatic carbocycles. The van der Waals surface area contributed by atoms with Crippen molar-refractivity contribution in [3.8, 4) is 0 Å².